The highest BCUT2D eigenvalue weighted by Crippen LogP contribution is 2.41. The number of pyridine rings is 1. The largest absolute Gasteiger partial charge is 0.486 e. The van der Waals surface area contributed by atoms with E-state index in [9.17, 15) is 19.8 Å². The first-order valence-electron chi connectivity index (χ1n) is 12.8. The Kier molecular flexibility index (Phi) is 8.01. The summed E-state index contributed by atoms with van der Waals surface area (Å²) in [6.45, 7) is 0.189. The molecule has 2 aromatic heterocycles. The fourth-order valence-corrected chi connectivity index (χ4v) is 5.84. The Balaban J connectivity index is 1.38. The van der Waals surface area contributed by atoms with Gasteiger partial charge in [0.05, 0.1) is 27.9 Å². The van der Waals surface area contributed by atoms with E-state index in [4.69, 9.17) is 14.4 Å². The van der Waals surface area contributed by atoms with E-state index >= 15 is 0 Å². The third kappa shape index (κ3) is 6.09. The van der Waals surface area contributed by atoms with Gasteiger partial charge in [0.15, 0.2) is 5.43 Å². The zero-order valence-corrected chi connectivity index (χ0v) is 22.3. The lowest BCUT2D eigenvalue weighted by Crippen LogP contribution is -2.33. The summed E-state index contributed by atoms with van der Waals surface area (Å²) in [4.78, 5) is 28.7. The van der Waals surface area contributed by atoms with Gasteiger partial charge in [-0.15, -0.1) is 11.8 Å². The molecule has 1 aliphatic carbocycles. The third-order valence-corrected chi connectivity index (χ3v) is 7.97. The van der Waals surface area contributed by atoms with Gasteiger partial charge in [0.1, 0.15) is 29.6 Å². The van der Waals surface area contributed by atoms with E-state index in [0.717, 1.165) is 22.2 Å². The van der Waals surface area contributed by atoms with Crippen LogP contribution >= 0.6 is 11.8 Å². The van der Waals surface area contributed by atoms with Crippen molar-refractivity contribution >= 4 is 39.6 Å². The number of hydrogen-bond donors (Lipinski definition) is 2. The number of carboxylic acids is 1. The summed E-state index contributed by atoms with van der Waals surface area (Å²) >= 11 is 1.28. The summed E-state index contributed by atoms with van der Waals surface area (Å²) in [6.07, 6.45) is 4.71. The molecule has 2 heterocycles. The summed E-state index contributed by atoms with van der Waals surface area (Å²) in [6, 6.07) is 19.9. The molecule has 0 aliphatic heterocycles. The van der Waals surface area contributed by atoms with Crippen molar-refractivity contribution in [1.29, 1.82) is 5.26 Å². The van der Waals surface area contributed by atoms with Crippen molar-refractivity contribution in [3.05, 3.63) is 111 Å². The van der Waals surface area contributed by atoms with E-state index in [2.05, 4.69) is 4.98 Å². The highest BCUT2D eigenvalue weighted by molar-refractivity contribution is 8.03. The summed E-state index contributed by atoms with van der Waals surface area (Å²) in [5, 5.41) is 31.5. The summed E-state index contributed by atoms with van der Waals surface area (Å²) < 4.78 is 11.7. The fraction of sp³-hybridized carbons (Fsp3) is 0.226. The molecular formula is C31H26N2O6S. The number of fused-ring (bicyclic) bond motifs is 2. The van der Waals surface area contributed by atoms with Gasteiger partial charge in [-0.25, -0.2) is 4.98 Å². The van der Waals surface area contributed by atoms with Crippen molar-refractivity contribution in [3.8, 4) is 6.07 Å². The number of carbonyl (C=O) groups is 1. The summed E-state index contributed by atoms with van der Waals surface area (Å²) in [7, 11) is 0. The number of para-hydroxylation sites is 1. The van der Waals surface area contributed by atoms with E-state index in [1.807, 2.05) is 54.6 Å². The molecule has 8 nitrogen and oxygen atoms in total. The lowest BCUT2D eigenvalue weighted by molar-refractivity contribution is -0.136. The molecule has 0 spiro atoms. The predicted octanol–water partition coefficient (Wildman–Crippen LogP) is 5.47. The molecule has 1 unspecified atom stereocenters. The van der Waals surface area contributed by atoms with Crippen LogP contribution in [-0.2, 0) is 22.6 Å². The Morgan fingerprint density at radius 3 is 2.85 bits per heavy atom. The number of nitrogens with zero attached hydrogens (tertiary/aromatic N) is 2. The number of thioether (sulfide) groups is 1. The van der Waals surface area contributed by atoms with Gasteiger partial charge in [-0.05, 0) is 55.2 Å². The van der Waals surface area contributed by atoms with Crippen molar-refractivity contribution in [1.82, 2.24) is 4.98 Å². The highest BCUT2D eigenvalue weighted by atomic mass is 32.2. The Morgan fingerprint density at radius 1 is 1.18 bits per heavy atom. The van der Waals surface area contributed by atoms with Crippen LogP contribution in [0.2, 0.25) is 0 Å². The minimum absolute atomic E-state index is 0.0571. The molecule has 4 aromatic rings. The number of nitriles is 1. The normalized spacial score (nSPS) is 16.8. The Bertz CT molecular complexity index is 1750. The SMILES string of the molecule is N#Cc1cc(=O)c2ccc(CCC3(O)CC=CC(OCc4ccc5ccccc5n4)=C3SCCC(=O)O)cc2o1. The molecule has 1 atom stereocenters. The first-order valence-corrected chi connectivity index (χ1v) is 13.8. The second-order valence-electron chi connectivity index (χ2n) is 9.52. The number of hydrogen-bond acceptors (Lipinski definition) is 8. The van der Waals surface area contributed by atoms with Gasteiger partial charge in [-0.2, -0.15) is 5.26 Å². The van der Waals surface area contributed by atoms with Crippen LogP contribution in [0.4, 0.5) is 0 Å². The van der Waals surface area contributed by atoms with Crippen molar-refractivity contribution in [2.75, 3.05) is 5.75 Å². The fourth-order valence-electron chi connectivity index (χ4n) is 4.64. The molecule has 0 saturated carbocycles. The topological polar surface area (TPSA) is 134 Å². The maximum absolute atomic E-state index is 12.3. The van der Waals surface area contributed by atoms with Crippen molar-refractivity contribution in [2.45, 2.75) is 37.9 Å². The molecular weight excluding hydrogens is 528 g/mol. The average molecular weight is 555 g/mol. The second kappa shape index (κ2) is 11.8. The van der Waals surface area contributed by atoms with Crippen LogP contribution in [0, 0.1) is 11.3 Å². The van der Waals surface area contributed by atoms with Crippen LogP contribution < -0.4 is 5.43 Å². The average Bonchev–Trinajstić information content (AvgIpc) is 2.95. The molecule has 2 N–H and O–H groups in total. The minimum Gasteiger partial charge on any atom is -0.486 e. The third-order valence-electron chi connectivity index (χ3n) is 6.70. The zero-order valence-electron chi connectivity index (χ0n) is 21.5. The molecule has 2 aromatic carbocycles. The second-order valence-corrected chi connectivity index (χ2v) is 10.6. The number of carboxylic acid groups (broad SMARTS) is 1. The van der Waals surface area contributed by atoms with Crippen LogP contribution in [0.5, 0.6) is 0 Å². The van der Waals surface area contributed by atoms with Gasteiger partial charge in [0.25, 0.3) is 0 Å². The van der Waals surface area contributed by atoms with Crippen molar-refractivity contribution < 1.29 is 24.2 Å². The van der Waals surface area contributed by atoms with E-state index in [-0.39, 0.29) is 30.0 Å². The standard InChI is InChI=1S/C31H26N2O6S/c32-18-23-17-26(34)24-10-7-20(16-28(24)39-23)11-14-31(37)13-3-6-27(30(31)40-15-12-29(35)36)38-19-22-9-8-21-4-1-2-5-25(21)33-22/h1-10,16-17,37H,11-15,19H2,(H,35,36). The molecule has 40 heavy (non-hydrogen) atoms. The van der Waals surface area contributed by atoms with Crippen LogP contribution in [-0.4, -0.2) is 32.5 Å². The Morgan fingerprint density at radius 2 is 2.02 bits per heavy atom. The summed E-state index contributed by atoms with van der Waals surface area (Å²) in [5.74, 6) is -0.212. The number of aliphatic hydroxyl groups is 1. The Labute approximate surface area is 234 Å². The molecule has 202 valence electrons. The van der Waals surface area contributed by atoms with Gasteiger partial charge in [-0.3, -0.25) is 9.59 Å². The van der Waals surface area contributed by atoms with Gasteiger partial charge in [0.2, 0.25) is 5.76 Å². The van der Waals surface area contributed by atoms with Crippen molar-refractivity contribution in [3.63, 3.8) is 0 Å². The maximum Gasteiger partial charge on any atom is 0.304 e. The van der Waals surface area contributed by atoms with Crippen molar-refractivity contribution in [2.24, 2.45) is 0 Å². The van der Waals surface area contributed by atoms with Gasteiger partial charge < -0.3 is 19.4 Å². The lowest BCUT2D eigenvalue weighted by atomic mass is 9.87. The number of ether oxygens (including phenoxy) is 1. The molecule has 0 saturated heterocycles. The first-order chi connectivity index (χ1) is 19.3. The lowest BCUT2D eigenvalue weighted by Gasteiger charge is -2.33. The number of aryl methyl sites for hydroxylation is 1. The maximum atomic E-state index is 12.3. The van der Waals surface area contributed by atoms with Crippen LogP contribution in [0.25, 0.3) is 21.9 Å². The van der Waals surface area contributed by atoms with Gasteiger partial charge >= 0.3 is 5.97 Å². The van der Waals surface area contributed by atoms with E-state index in [1.54, 1.807) is 18.2 Å². The minimum atomic E-state index is -1.28. The number of allylic oxidation sites excluding steroid dienone is 1. The molecule has 5 rings (SSSR count). The molecule has 9 heteroatoms. The highest BCUT2D eigenvalue weighted by Gasteiger charge is 2.36. The molecule has 0 radical (unpaired) electrons. The monoisotopic (exact) mass is 554 g/mol. The smallest absolute Gasteiger partial charge is 0.304 e. The summed E-state index contributed by atoms with van der Waals surface area (Å²) in [5.41, 5.74) is 1.16. The van der Waals surface area contributed by atoms with E-state index in [1.165, 1.54) is 17.8 Å². The predicted molar refractivity (Wildman–Crippen MR) is 152 cm³/mol. The Hall–Kier alpha value is -4.39. The van der Waals surface area contributed by atoms with Gasteiger partial charge in [0, 0.05) is 17.2 Å². The van der Waals surface area contributed by atoms with Gasteiger partial charge in [-0.1, -0.05) is 36.4 Å². The molecule has 1 aliphatic rings. The molecule has 0 fully saturated rings. The van der Waals surface area contributed by atoms with Crippen LogP contribution in [0.15, 0.2) is 92.7 Å². The number of aromatic nitrogens is 1. The number of benzene rings is 2. The van der Waals surface area contributed by atoms with E-state index in [0.29, 0.717) is 40.9 Å². The van der Waals surface area contributed by atoms with Crippen LogP contribution in [0.1, 0.15) is 36.3 Å². The molecule has 0 bridgehead atoms. The number of aliphatic carboxylic acids is 1. The molecule has 0 amide bonds. The number of rotatable bonds is 10. The van der Waals surface area contributed by atoms with Crippen LogP contribution in [0.3, 0.4) is 0 Å². The zero-order chi connectivity index (χ0) is 28.1. The van der Waals surface area contributed by atoms with E-state index < -0.39 is 11.6 Å². The first kappa shape index (κ1) is 27.2. The quantitative estimate of drug-likeness (QED) is 0.262.